The van der Waals surface area contributed by atoms with Gasteiger partial charge in [-0.05, 0) is 44.0 Å². The molecule has 9 heteroatoms. The Morgan fingerprint density at radius 1 is 1.00 bits per heavy atom. The zero-order valence-electron chi connectivity index (χ0n) is 15.8. The summed E-state index contributed by atoms with van der Waals surface area (Å²) in [5.41, 5.74) is 1.98. The van der Waals surface area contributed by atoms with Gasteiger partial charge in [0.2, 0.25) is 0 Å². The Balaban J connectivity index is 1.50. The fourth-order valence-corrected chi connectivity index (χ4v) is 5.69. The molecular formula is C19H23ClN4O3S. The number of nitrogens with zero attached hydrogens (tertiary/aromatic N) is 4. The Morgan fingerprint density at radius 2 is 1.64 bits per heavy atom. The highest BCUT2D eigenvalue weighted by Crippen LogP contribution is 2.23. The molecule has 0 bridgehead atoms. The van der Waals surface area contributed by atoms with E-state index in [-0.39, 0.29) is 5.91 Å². The molecule has 1 aromatic heterocycles. The number of halogens is 1. The number of fused-ring (bicyclic) bond motifs is 1. The number of hydrogen-bond acceptors (Lipinski definition) is 4. The van der Waals surface area contributed by atoms with Crippen molar-refractivity contribution in [2.75, 3.05) is 39.3 Å². The number of benzene rings is 1. The molecule has 4 rings (SSSR count). The summed E-state index contributed by atoms with van der Waals surface area (Å²) in [6, 6.07) is 7.22. The lowest BCUT2D eigenvalue weighted by molar-refractivity contribution is 0.0693. The number of piperazine rings is 1. The summed E-state index contributed by atoms with van der Waals surface area (Å²) in [5.74, 6) is -0.120. The second kappa shape index (κ2) is 7.59. The lowest BCUT2D eigenvalue weighted by Gasteiger charge is -2.36. The number of amides is 1. The van der Waals surface area contributed by atoms with Crippen molar-refractivity contribution in [2.24, 2.45) is 0 Å². The summed E-state index contributed by atoms with van der Waals surface area (Å²) < 4.78 is 28.4. The zero-order chi connectivity index (χ0) is 19.9. The highest BCUT2D eigenvalue weighted by atomic mass is 35.5. The van der Waals surface area contributed by atoms with Gasteiger partial charge in [-0.15, -0.1) is 0 Å². The second-order valence-corrected chi connectivity index (χ2v) is 9.63. The lowest BCUT2D eigenvalue weighted by Crippen LogP contribution is -2.53. The van der Waals surface area contributed by atoms with Crippen LogP contribution < -0.4 is 0 Å². The number of carbonyl (C=O) groups is 1. The zero-order valence-corrected chi connectivity index (χ0v) is 17.3. The second-order valence-electron chi connectivity index (χ2n) is 7.26. The summed E-state index contributed by atoms with van der Waals surface area (Å²) in [7, 11) is -3.42. The highest BCUT2D eigenvalue weighted by molar-refractivity contribution is 7.86. The molecule has 0 atom stereocenters. The van der Waals surface area contributed by atoms with E-state index in [0.717, 1.165) is 23.7 Å². The SMILES string of the molecule is Cc1nc2ccc(Cl)cc2cc1C(=O)N1CCN(S(=O)(=O)N2CCCC2)CC1. The highest BCUT2D eigenvalue weighted by Gasteiger charge is 2.35. The van der Waals surface area contributed by atoms with Crippen molar-refractivity contribution in [1.29, 1.82) is 0 Å². The number of aryl methyl sites for hydroxylation is 1. The van der Waals surface area contributed by atoms with Gasteiger partial charge in [-0.2, -0.15) is 17.0 Å². The Kier molecular flexibility index (Phi) is 5.30. The van der Waals surface area contributed by atoms with Crippen molar-refractivity contribution in [3.05, 3.63) is 40.5 Å². The molecule has 1 aromatic carbocycles. The lowest BCUT2D eigenvalue weighted by atomic mass is 10.1. The Labute approximate surface area is 170 Å². The van der Waals surface area contributed by atoms with Gasteiger partial charge in [0.1, 0.15) is 0 Å². The van der Waals surface area contributed by atoms with Gasteiger partial charge in [-0.3, -0.25) is 9.78 Å². The third-order valence-corrected chi connectivity index (χ3v) is 7.71. The first-order valence-corrected chi connectivity index (χ1v) is 11.3. The van der Waals surface area contributed by atoms with Crippen molar-refractivity contribution in [1.82, 2.24) is 18.5 Å². The fraction of sp³-hybridized carbons (Fsp3) is 0.474. The molecule has 2 fully saturated rings. The van der Waals surface area contributed by atoms with Gasteiger partial charge >= 0.3 is 0 Å². The van der Waals surface area contributed by atoms with Crippen LogP contribution in [0.25, 0.3) is 10.9 Å². The maximum Gasteiger partial charge on any atom is 0.282 e. The van der Waals surface area contributed by atoms with Gasteiger partial charge in [0.25, 0.3) is 16.1 Å². The standard InChI is InChI=1S/C19H23ClN4O3S/c1-14-17(13-15-12-16(20)4-5-18(15)21-14)19(25)22-8-10-24(11-9-22)28(26,27)23-6-2-3-7-23/h4-5,12-13H,2-3,6-11H2,1H3. The van der Waals surface area contributed by atoms with E-state index in [9.17, 15) is 13.2 Å². The van der Waals surface area contributed by atoms with Crippen molar-refractivity contribution in [2.45, 2.75) is 19.8 Å². The van der Waals surface area contributed by atoms with Crippen LogP contribution in [0.1, 0.15) is 28.9 Å². The molecule has 2 aromatic rings. The average Bonchev–Trinajstić information content (AvgIpc) is 3.23. The third kappa shape index (κ3) is 3.61. The first kappa shape index (κ1) is 19.6. The molecule has 0 radical (unpaired) electrons. The molecule has 0 N–H and O–H groups in total. The molecule has 2 saturated heterocycles. The van der Waals surface area contributed by atoms with Crippen LogP contribution in [0.15, 0.2) is 24.3 Å². The summed E-state index contributed by atoms with van der Waals surface area (Å²) >= 11 is 6.06. The first-order valence-electron chi connectivity index (χ1n) is 9.48. The first-order chi connectivity index (χ1) is 13.4. The van der Waals surface area contributed by atoms with Gasteiger partial charge in [0.05, 0.1) is 16.8 Å². The Morgan fingerprint density at radius 3 is 2.32 bits per heavy atom. The van der Waals surface area contributed by atoms with Gasteiger partial charge in [-0.25, -0.2) is 0 Å². The fourth-order valence-electron chi connectivity index (χ4n) is 3.83. The van der Waals surface area contributed by atoms with Crippen LogP contribution in [0.4, 0.5) is 0 Å². The quantitative estimate of drug-likeness (QED) is 0.760. The van der Waals surface area contributed by atoms with E-state index >= 15 is 0 Å². The molecular weight excluding hydrogens is 400 g/mol. The van der Waals surface area contributed by atoms with Gasteiger partial charge in [-0.1, -0.05) is 11.6 Å². The van der Waals surface area contributed by atoms with E-state index in [0.29, 0.717) is 55.5 Å². The number of rotatable bonds is 3. The minimum Gasteiger partial charge on any atom is -0.336 e. The van der Waals surface area contributed by atoms with Crippen LogP contribution >= 0.6 is 11.6 Å². The predicted molar refractivity (Wildman–Crippen MR) is 109 cm³/mol. The van der Waals surface area contributed by atoms with Crippen molar-refractivity contribution in [3.8, 4) is 0 Å². The monoisotopic (exact) mass is 422 g/mol. The van der Waals surface area contributed by atoms with Gasteiger partial charge in [0.15, 0.2) is 0 Å². The van der Waals surface area contributed by atoms with Gasteiger partial charge < -0.3 is 4.90 Å². The Bertz CT molecular complexity index is 1010. The number of hydrogen-bond donors (Lipinski definition) is 0. The van der Waals surface area contributed by atoms with Gasteiger partial charge in [0, 0.05) is 49.7 Å². The molecule has 0 unspecified atom stereocenters. The predicted octanol–water partition coefficient (Wildman–Crippen LogP) is 2.30. The van der Waals surface area contributed by atoms with E-state index in [1.165, 1.54) is 4.31 Å². The molecule has 0 spiro atoms. The molecule has 28 heavy (non-hydrogen) atoms. The van der Waals surface area contributed by atoms with E-state index in [4.69, 9.17) is 11.6 Å². The Hall–Kier alpha value is -1.74. The number of carbonyl (C=O) groups excluding carboxylic acids is 1. The topological polar surface area (TPSA) is 73.8 Å². The molecule has 7 nitrogen and oxygen atoms in total. The minimum absolute atomic E-state index is 0.120. The van der Waals surface area contributed by atoms with Crippen LogP contribution in [0, 0.1) is 6.92 Å². The van der Waals surface area contributed by atoms with Crippen LogP contribution in [0.5, 0.6) is 0 Å². The molecule has 2 aliphatic rings. The summed E-state index contributed by atoms with van der Waals surface area (Å²) in [6.45, 7) is 4.37. The maximum absolute atomic E-state index is 13.0. The summed E-state index contributed by atoms with van der Waals surface area (Å²) in [6.07, 6.45) is 1.83. The molecule has 3 heterocycles. The van der Waals surface area contributed by atoms with Crippen LogP contribution in [-0.2, 0) is 10.2 Å². The maximum atomic E-state index is 13.0. The third-order valence-electron chi connectivity index (χ3n) is 5.44. The van der Waals surface area contributed by atoms with Crippen LogP contribution in [0.3, 0.4) is 0 Å². The molecule has 2 aliphatic heterocycles. The number of aromatic nitrogens is 1. The molecule has 0 aliphatic carbocycles. The molecule has 0 saturated carbocycles. The van der Waals surface area contributed by atoms with E-state index < -0.39 is 10.2 Å². The van der Waals surface area contributed by atoms with Crippen LogP contribution in [-0.4, -0.2) is 72.1 Å². The summed E-state index contributed by atoms with van der Waals surface area (Å²) in [4.78, 5) is 19.3. The molecule has 1 amide bonds. The van der Waals surface area contributed by atoms with Crippen molar-refractivity contribution in [3.63, 3.8) is 0 Å². The van der Waals surface area contributed by atoms with Crippen LogP contribution in [0.2, 0.25) is 5.02 Å². The van der Waals surface area contributed by atoms with E-state index in [1.807, 2.05) is 19.1 Å². The minimum atomic E-state index is -3.42. The van der Waals surface area contributed by atoms with Crippen molar-refractivity contribution >= 4 is 38.6 Å². The van der Waals surface area contributed by atoms with E-state index in [1.54, 1.807) is 21.3 Å². The normalized spacial score (nSPS) is 19.4. The summed E-state index contributed by atoms with van der Waals surface area (Å²) in [5, 5.41) is 1.41. The molecule has 150 valence electrons. The number of pyridine rings is 1. The average molecular weight is 423 g/mol. The van der Waals surface area contributed by atoms with Crippen molar-refractivity contribution < 1.29 is 13.2 Å². The smallest absolute Gasteiger partial charge is 0.282 e. The van der Waals surface area contributed by atoms with E-state index in [2.05, 4.69) is 4.98 Å². The largest absolute Gasteiger partial charge is 0.336 e.